The zero-order valence-corrected chi connectivity index (χ0v) is 11.5. The highest BCUT2D eigenvalue weighted by Gasteiger charge is 2.17. The molecule has 2 rings (SSSR count). The molecule has 0 bridgehead atoms. The smallest absolute Gasteiger partial charge is 0.311 e. The van der Waals surface area contributed by atoms with Crippen LogP contribution < -0.4 is 5.32 Å². The van der Waals surface area contributed by atoms with Crippen LogP contribution in [0.15, 0.2) is 30.5 Å². The highest BCUT2D eigenvalue weighted by Crippen LogP contribution is 2.30. The van der Waals surface area contributed by atoms with Gasteiger partial charge in [-0.05, 0) is 19.9 Å². The summed E-state index contributed by atoms with van der Waals surface area (Å²) in [4.78, 5) is 14.8. The Hall–Kier alpha value is -2.21. The van der Waals surface area contributed by atoms with E-state index in [1.54, 1.807) is 0 Å². The molecule has 0 atom stereocenters. The first-order chi connectivity index (χ1) is 9.59. The van der Waals surface area contributed by atoms with Crippen LogP contribution in [-0.4, -0.2) is 29.2 Å². The monoisotopic (exact) mass is 275 g/mol. The Kier molecular flexibility index (Phi) is 4.47. The second-order valence-electron chi connectivity index (χ2n) is 4.64. The van der Waals surface area contributed by atoms with Gasteiger partial charge in [-0.25, -0.2) is 4.98 Å². The molecule has 106 valence electrons. The Morgan fingerprint density at radius 1 is 1.40 bits per heavy atom. The number of nitrogens with one attached hydrogen (secondary N) is 1. The fourth-order valence-corrected chi connectivity index (χ4v) is 1.93. The zero-order valence-electron chi connectivity index (χ0n) is 11.5. The Bertz CT molecular complexity index is 614. The SMILES string of the molecule is CC(C)OCCNc1c([N+](=O)[O-])cnc2ccccc12. The van der Waals surface area contributed by atoms with Crippen LogP contribution in [0.4, 0.5) is 11.4 Å². The van der Waals surface area contributed by atoms with E-state index in [2.05, 4.69) is 10.3 Å². The van der Waals surface area contributed by atoms with E-state index in [1.807, 2.05) is 38.1 Å². The third-order valence-electron chi connectivity index (χ3n) is 2.81. The van der Waals surface area contributed by atoms with Gasteiger partial charge in [-0.15, -0.1) is 0 Å². The molecule has 1 aromatic heterocycles. The van der Waals surface area contributed by atoms with Gasteiger partial charge >= 0.3 is 5.69 Å². The first-order valence-corrected chi connectivity index (χ1v) is 6.47. The lowest BCUT2D eigenvalue weighted by atomic mass is 10.1. The first-order valence-electron chi connectivity index (χ1n) is 6.47. The van der Waals surface area contributed by atoms with Gasteiger partial charge in [0, 0.05) is 11.9 Å². The molecule has 6 heteroatoms. The van der Waals surface area contributed by atoms with Crippen LogP contribution in [0.3, 0.4) is 0 Å². The molecule has 0 radical (unpaired) electrons. The van der Waals surface area contributed by atoms with Gasteiger partial charge in [-0.2, -0.15) is 0 Å². The van der Waals surface area contributed by atoms with E-state index in [9.17, 15) is 10.1 Å². The summed E-state index contributed by atoms with van der Waals surface area (Å²) >= 11 is 0. The number of nitro groups is 1. The van der Waals surface area contributed by atoms with E-state index >= 15 is 0 Å². The number of para-hydroxylation sites is 1. The van der Waals surface area contributed by atoms with Crippen LogP contribution in [0.25, 0.3) is 10.9 Å². The molecule has 1 heterocycles. The van der Waals surface area contributed by atoms with Gasteiger partial charge < -0.3 is 10.1 Å². The van der Waals surface area contributed by atoms with Crippen molar-refractivity contribution >= 4 is 22.3 Å². The largest absolute Gasteiger partial charge is 0.377 e. The van der Waals surface area contributed by atoms with Gasteiger partial charge in [-0.3, -0.25) is 10.1 Å². The van der Waals surface area contributed by atoms with Crippen molar-refractivity contribution in [2.24, 2.45) is 0 Å². The third kappa shape index (κ3) is 3.21. The van der Waals surface area contributed by atoms with Crippen molar-refractivity contribution in [1.29, 1.82) is 0 Å². The molecular formula is C14H17N3O3. The van der Waals surface area contributed by atoms with E-state index in [4.69, 9.17) is 4.74 Å². The van der Waals surface area contributed by atoms with Gasteiger partial charge in [0.05, 0.1) is 23.2 Å². The Balaban J connectivity index is 2.28. The molecule has 0 aliphatic heterocycles. The highest BCUT2D eigenvalue weighted by molar-refractivity contribution is 5.95. The van der Waals surface area contributed by atoms with Gasteiger partial charge in [-0.1, -0.05) is 18.2 Å². The summed E-state index contributed by atoms with van der Waals surface area (Å²) in [5.41, 5.74) is 1.20. The lowest BCUT2D eigenvalue weighted by Crippen LogP contribution is -2.14. The lowest BCUT2D eigenvalue weighted by Gasteiger charge is -2.11. The van der Waals surface area contributed by atoms with E-state index in [-0.39, 0.29) is 11.8 Å². The number of fused-ring (bicyclic) bond motifs is 1. The van der Waals surface area contributed by atoms with Crippen LogP contribution in [0.5, 0.6) is 0 Å². The number of ether oxygens (including phenoxy) is 1. The van der Waals surface area contributed by atoms with Crippen LogP contribution in [0.2, 0.25) is 0 Å². The van der Waals surface area contributed by atoms with Crippen LogP contribution >= 0.6 is 0 Å². The second kappa shape index (κ2) is 6.29. The standard InChI is InChI=1S/C14H17N3O3/c1-10(2)20-8-7-15-14-11-5-3-4-6-12(11)16-9-13(14)17(18)19/h3-6,9-10H,7-8H2,1-2H3,(H,15,16). The topological polar surface area (TPSA) is 77.3 Å². The first kappa shape index (κ1) is 14.2. The number of hydrogen-bond acceptors (Lipinski definition) is 5. The number of pyridine rings is 1. The maximum Gasteiger partial charge on any atom is 0.311 e. The highest BCUT2D eigenvalue weighted by atomic mass is 16.6. The second-order valence-corrected chi connectivity index (χ2v) is 4.64. The minimum Gasteiger partial charge on any atom is -0.377 e. The molecule has 0 saturated heterocycles. The lowest BCUT2D eigenvalue weighted by molar-refractivity contribution is -0.384. The number of benzene rings is 1. The summed E-state index contributed by atoms with van der Waals surface area (Å²) in [7, 11) is 0. The van der Waals surface area contributed by atoms with Crippen LogP contribution in [-0.2, 0) is 4.74 Å². The quantitative estimate of drug-likeness (QED) is 0.498. The summed E-state index contributed by atoms with van der Waals surface area (Å²) in [6.07, 6.45) is 1.43. The summed E-state index contributed by atoms with van der Waals surface area (Å²) in [6, 6.07) is 7.34. The molecular weight excluding hydrogens is 258 g/mol. The third-order valence-corrected chi connectivity index (χ3v) is 2.81. The van der Waals surface area contributed by atoms with Gasteiger partial charge in [0.2, 0.25) is 0 Å². The number of aromatic nitrogens is 1. The van der Waals surface area contributed by atoms with Gasteiger partial charge in [0.25, 0.3) is 0 Å². The maximum absolute atomic E-state index is 11.1. The van der Waals surface area contributed by atoms with Crippen LogP contribution in [0, 0.1) is 10.1 Å². The normalized spacial score (nSPS) is 10.9. The number of hydrogen-bond donors (Lipinski definition) is 1. The average molecular weight is 275 g/mol. The number of nitrogens with zero attached hydrogens (tertiary/aromatic N) is 2. The summed E-state index contributed by atoms with van der Waals surface area (Å²) < 4.78 is 5.43. The Morgan fingerprint density at radius 2 is 2.15 bits per heavy atom. The minimum absolute atomic E-state index is 0.0201. The number of anilines is 1. The minimum atomic E-state index is -0.426. The van der Waals surface area contributed by atoms with Crippen molar-refractivity contribution in [3.63, 3.8) is 0 Å². The van der Waals surface area contributed by atoms with E-state index in [0.29, 0.717) is 18.8 Å². The number of rotatable bonds is 6. The predicted octanol–water partition coefficient (Wildman–Crippen LogP) is 2.98. The Morgan fingerprint density at radius 3 is 2.85 bits per heavy atom. The molecule has 0 saturated carbocycles. The molecule has 1 N–H and O–H groups in total. The van der Waals surface area contributed by atoms with Gasteiger partial charge in [0.1, 0.15) is 11.9 Å². The zero-order chi connectivity index (χ0) is 14.5. The van der Waals surface area contributed by atoms with E-state index < -0.39 is 4.92 Å². The molecule has 0 fully saturated rings. The van der Waals surface area contributed by atoms with Crippen molar-refractivity contribution in [3.05, 3.63) is 40.6 Å². The molecule has 0 spiro atoms. The molecule has 0 amide bonds. The summed E-state index contributed by atoms with van der Waals surface area (Å²) in [6.45, 7) is 4.90. The van der Waals surface area contributed by atoms with E-state index in [1.165, 1.54) is 6.20 Å². The van der Waals surface area contributed by atoms with E-state index in [0.717, 1.165) is 10.9 Å². The van der Waals surface area contributed by atoms with Crippen molar-refractivity contribution in [1.82, 2.24) is 4.98 Å². The molecule has 0 unspecified atom stereocenters. The predicted molar refractivity (Wildman–Crippen MR) is 78.0 cm³/mol. The van der Waals surface area contributed by atoms with Crippen molar-refractivity contribution in [3.8, 4) is 0 Å². The molecule has 20 heavy (non-hydrogen) atoms. The maximum atomic E-state index is 11.1. The molecule has 2 aromatic rings. The average Bonchev–Trinajstić information content (AvgIpc) is 2.42. The van der Waals surface area contributed by atoms with Crippen molar-refractivity contribution in [2.45, 2.75) is 20.0 Å². The fraction of sp³-hybridized carbons (Fsp3) is 0.357. The molecule has 0 aliphatic rings. The molecule has 0 aliphatic carbocycles. The van der Waals surface area contributed by atoms with Crippen LogP contribution in [0.1, 0.15) is 13.8 Å². The molecule has 1 aromatic carbocycles. The summed E-state index contributed by atoms with van der Waals surface area (Å²) in [5, 5.41) is 14.9. The fourth-order valence-electron chi connectivity index (χ4n) is 1.93. The molecule has 6 nitrogen and oxygen atoms in total. The Labute approximate surface area is 116 Å². The van der Waals surface area contributed by atoms with Gasteiger partial charge in [0.15, 0.2) is 0 Å². The van der Waals surface area contributed by atoms with Crippen molar-refractivity contribution < 1.29 is 9.66 Å². The van der Waals surface area contributed by atoms with Crippen molar-refractivity contribution in [2.75, 3.05) is 18.5 Å². The summed E-state index contributed by atoms with van der Waals surface area (Å²) in [5.74, 6) is 0.